The summed E-state index contributed by atoms with van der Waals surface area (Å²) in [6.45, 7) is 8.53. The summed E-state index contributed by atoms with van der Waals surface area (Å²) in [7, 11) is -3.46. The van der Waals surface area contributed by atoms with E-state index in [-0.39, 0.29) is 0 Å². The van der Waals surface area contributed by atoms with Crippen molar-refractivity contribution >= 4 is 10.0 Å². The number of benzene rings is 1. The number of rotatable bonds is 5. The summed E-state index contributed by atoms with van der Waals surface area (Å²) in [6.07, 6.45) is 5.44. The molecule has 0 fully saturated rings. The van der Waals surface area contributed by atoms with Crippen LogP contribution in [0.15, 0.2) is 53.1 Å². The van der Waals surface area contributed by atoms with Crippen LogP contribution in [0.3, 0.4) is 0 Å². The Kier molecular flexibility index (Phi) is 4.88. The second-order valence-electron chi connectivity index (χ2n) is 5.54. The first kappa shape index (κ1) is 15.8. The van der Waals surface area contributed by atoms with Gasteiger partial charge >= 0.3 is 0 Å². The Labute approximate surface area is 128 Å². The molecule has 1 aromatic carbocycles. The Morgan fingerprint density at radius 3 is 2.52 bits per heavy atom. The standard InChI is InChI=1S/C17H23NO2S/c1-4-5-6-16-13-15(3)11-12-18(16)21(19,20)17-9-7-14(2)8-10-17/h7-10,13H,3-6,11-12H2,1-2H3. The molecule has 4 heteroatoms. The summed E-state index contributed by atoms with van der Waals surface area (Å²) in [5, 5.41) is 0. The molecule has 0 aromatic heterocycles. The van der Waals surface area contributed by atoms with Crippen LogP contribution in [0.25, 0.3) is 0 Å². The molecule has 0 radical (unpaired) electrons. The average molecular weight is 305 g/mol. The van der Waals surface area contributed by atoms with Gasteiger partial charge in [0.25, 0.3) is 10.0 Å². The van der Waals surface area contributed by atoms with Crippen molar-refractivity contribution < 1.29 is 8.42 Å². The fourth-order valence-corrected chi connectivity index (χ4v) is 3.95. The van der Waals surface area contributed by atoms with Gasteiger partial charge < -0.3 is 0 Å². The number of nitrogens with zero attached hydrogens (tertiary/aromatic N) is 1. The van der Waals surface area contributed by atoms with Crippen LogP contribution in [0.1, 0.15) is 38.2 Å². The van der Waals surface area contributed by atoms with E-state index in [1.54, 1.807) is 16.4 Å². The van der Waals surface area contributed by atoms with E-state index >= 15 is 0 Å². The lowest BCUT2D eigenvalue weighted by atomic mass is 10.1. The van der Waals surface area contributed by atoms with E-state index in [1.165, 1.54) is 0 Å². The van der Waals surface area contributed by atoms with Crippen LogP contribution in [-0.2, 0) is 10.0 Å². The van der Waals surface area contributed by atoms with Gasteiger partial charge in [0.2, 0.25) is 0 Å². The van der Waals surface area contributed by atoms with Gasteiger partial charge in [0.1, 0.15) is 0 Å². The van der Waals surface area contributed by atoms with Gasteiger partial charge in [0.05, 0.1) is 4.90 Å². The third-order valence-corrected chi connectivity index (χ3v) is 5.59. The van der Waals surface area contributed by atoms with Crippen molar-refractivity contribution in [3.05, 3.63) is 53.8 Å². The first-order valence-electron chi connectivity index (χ1n) is 7.43. The smallest absolute Gasteiger partial charge is 0.264 e. The molecule has 1 aliphatic rings. The zero-order valence-electron chi connectivity index (χ0n) is 12.8. The van der Waals surface area contributed by atoms with Crippen LogP contribution in [0.5, 0.6) is 0 Å². The first-order valence-corrected chi connectivity index (χ1v) is 8.87. The predicted molar refractivity (Wildman–Crippen MR) is 86.4 cm³/mol. The van der Waals surface area contributed by atoms with Gasteiger partial charge in [-0.15, -0.1) is 0 Å². The molecule has 21 heavy (non-hydrogen) atoms. The first-order chi connectivity index (χ1) is 9.95. The second-order valence-corrected chi connectivity index (χ2v) is 7.40. The van der Waals surface area contributed by atoms with Crippen molar-refractivity contribution in [1.29, 1.82) is 0 Å². The zero-order valence-corrected chi connectivity index (χ0v) is 13.6. The van der Waals surface area contributed by atoms with E-state index in [0.29, 0.717) is 17.9 Å². The third kappa shape index (κ3) is 3.56. The lowest BCUT2D eigenvalue weighted by molar-refractivity contribution is 0.450. The van der Waals surface area contributed by atoms with Gasteiger partial charge in [0.15, 0.2) is 0 Å². The highest BCUT2D eigenvalue weighted by Crippen LogP contribution is 2.29. The number of aryl methyl sites for hydroxylation is 1. The van der Waals surface area contributed by atoms with E-state index in [9.17, 15) is 8.42 Å². The zero-order chi connectivity index (χ0) is 15.5. The van der Waals surface area contributed by atoms with Crippen LogP contribution < -0.4 is 0 Å². The minimum Gasteiger partial charge on any atom is -0.270 e. The molecular weight excluding hydrogens is 282 g/mol. The Morgan fingerprint density at radius 1 is 1.24 bits per heavy atom. The maximum absolute atomic E-state index is 12.8. The molecular formula is C17H23NO2S. The molecule has 0 saturated heterocycles. The molecule has 0 saturated carbocycles. The van der Waals surface area contributed by atoms with Crippen molar-refractivity contribution in [2.24, 2.45) is 0 Å². The normalized spacial score (nSPS) is 16.0. The van der Waals surface area contributed by atoms with E-state index in [4.69, 9.17) is 0 Å². The summed E-state index contributed by atoms with van der Waals surface area (Å²) in [5.74, 6) is 0. The highest BCUT2D eigenvalue weighted by molar-refractivity contribution is 7.89. The largest absolute Gasteiger partial charge is 0.270 e. The van der Waals surface area contributed by atoms with Gasteiger partial charge in [-0.3, -0.25) is 4.31 Å². The van der Waals surface area contributed by atoms with Crippen LogP contribution in [0, 0.1) is 6.92 Å². The molecule has 0 N–H and O–H groups in total. The minimum absolute atomic E-state index is 0.364. The molecule has 1 aromatic rings. The molecule has 0 bridgehead atoms. The number of unbranched alkanes of at least 4 members (excludes halogenated alkanes) is 1. The Hall–Kier alpha value is -1.55. The van der Waals surface area contributed by atoms with Gasteiger partial charge in [0, 0.05) is 12.2 Å². The van der Waals surface area contributed by atoms with Crippen molar-refractivity contribution in [3.63, 3.8) is 0 Å². The number of hydrogen-bond acceptors (Lipinski definition) is 2. The number of sulfonamides is 1. The van der Waals surface area contributed by atoms with Crippen LogP contribution in [0.2, 0.25) is 0 Å². The van der Waals surface area contributed by atoms with Crippen LogP contribution in [0.4, 0.5) is 0 Å². The van der Waals surface area contributed by atoms with Crippen LogP contribution in [-0.4, -0.2) is 19.3 Å². The molecule has 1 aliphatic heterocycles. The molecule has 3 nitrogen and oxygen atoms in total. The van der Waals surface area contributed by atoms with E-state index in [2.05, 4.69) is 13.5 Å². The Balaban J connectivity index is 2.35. The fraction of sp³-hybridized carbons (Fsp3) is 0.412. The van der Waals surface area contributed by atoms with Crippen LogP contribution >= 0.6 is 0 Å². The second kappa shape index (κ2) is 6.48. The molecule has 0 spiro atoms. The molecule has 0 amide bonds. The van der Waals surface area contributed by atoms with Crippen molar-refractivity contribution in [2.75, 3.05) is 6.54 Å². The van der Waals surface area contributed by atoms with E-state index in [0.717, 1.165) is 36.1 Å². The summed E-state index contributed by atoms with van der Waals surface area (Å²) >= 11 is 0. The summed E-state index contributed by atoms with van der Waals surface area (Å²) in [6, 6.07) is 7.05. The third-order valence-electron chi connectivity index (χ3n) is 3.72. The van der Waals surface area contributed by atoms with Crippen molar-refractivity contribution in [3.8, 4) is 0 Å². The lowest BCUT2D eigenvalue weighted by Crippen LogP contribution is -2.33. The molecule has 1 heterocycles. The molecule has 0 unspecified atom stereocenters. The predicted octanol–water partition coefficient (Wildman–Crippen LogP) is 4.02. The maximum Gasteiger partial charge on any atom is 0.264 e. The quantitative estimate of drug-likeness (QED) is 0.824. The molecule has 0 aliphatic carbocycles. The Bertz CT molecular complexity index is 642. The molecule has 2 rings (SSSR count). The monoisotopic (exact) mass is 305 g/mol. The highest BCUT2D eigenvalue weighted by atomic mass is 32.2. The highest BCUT2D eigenvalue weighted by Gasteiger charge is 2.28. The van der Waals surface area contributed by atoms with Gasteiger partial charge in [-0.05, 0) is 44.4 Å². The van der Waals surface area contributed by atoms with Crippen molar-refractivity contribution in [1.82, 2.24) is 4.31 Å². The van der Waals surface area contributed by atoms with Crippen molar-refractivity contribution in [2.45, 2.75) is 44.4 Å². The maximum atomic E-state index is 12.8. The van der Waals surface area contributed by atoms with Gasteiger partial charge in [-0.2, -0.15) is 0 Å². The molecule has 0 atom stereocenters. The summed E-state index contributed by atoms with van der Waals surface area (Å²) < 4.78 is 27.2. The van der Waals surface area contributed by atoms with E-state index in [1.807, 2.05) is 25.1 Å². The lowest BCUT2D eigenvalue weighted by Gasteiger charge is -2.30. The van der Waals surface area contributed by atoms with Gasteiger partial charge in [-0.1, -0.05) is 43.2 Å². The Morgan fingerprint density at radius 2 is 1.90 bits per heavy atom. The minimum atomic E-state index is -3.46. The average Bonchev–Trinajstić information content (AvgIpc) is 2.45. The topological polar surface area (TPSA) is 37.4 Å². The number of hydrogen-bond donors (Lipinski definition) is 0. The summed E-state index contributed by atoms with van der Waals surface area (Å²) in [4.78, 5) is 0.364. The number of allylic oxidation sites excluding steroid dienone is 2. The fourth-order valence-electron chi connectivity index (χ4n) is 2.44. The molecule has 114 valence electrons. The SMILES string of the molecule is C=C1C=C(CCCC)N(S(=O)(=O)c2ccc(C)cc2)CC1. The van der Waals surface area contributed by atoms with Gasteiger partial charge in [-0.25, -0.2) is 8.42 Å². The summed E-state index contributed by atoms with van der Waals surface area (Å²) in [5.41, 5.74) is 2.94. The van der Waals surface area contributed by atoms with E-state index < -0.39 is 10.0 Å².